The number of halogens is 2. The summed E-state index contributed by atoms with van der Waals surface area (Å²) in [5, 5.41) is 3.67. The Morgan fingerprint density at radius 2 is 2.09 bits per heavy atom. The molecule has 1 aliphatic rings. The summed E-state index contributed by atoms with van der Waals surface area (Å²) in [5.74, 6) is 0.0532. The van der Waals surface area contributed by atoms with Gasteiger partial charge < -0.3 is 11.1 Å². The van der Waals surface area contributed by atoms with Gasteiger partial charge in [0.1, 0.15) is 0 Å². The molecule has 3 N–H and O–H groups in total. The monoisotopic (exact) mass is 345 g/mol. The van der Waals surface area contributed by atoms with Crippen molar-refractivity contribution >= 4 is 29.9 Å². The van der Waals surface area contributed by atoms with Crippen LogP contribution in [0, 0.1) is 0 Å². The second-order valence-electron chi connectivity index (χ2n) is 5.80. The molecule has 0 spiro atoms. The average molecular weight is 346 g/mol. The largest absolute Gasteiger partial charge is 0.351 e. The minimum atomic E-state index is 0. The summed E-state index contributed by atoms with van der Waals surface area (Å²) in [6.07, 6.45) is 3.44. The summed E-state index contributed by atoms with van der Waals surface area (Å²) in [6, 6.07) is 7.94. The Balaban J connectivity index is 0.00000242. The number of likely N-dealkylation sites (tertiary alicyclic amines) is 1. The van der Waals surface area contributed by atoms with Crippen LogP contribution in [0.5, 0.6) is 0 Å². The predicted octanol–water partition coefficient (Wildman–Crippen LogP) is 2.58. The van der Waals surface area contributed by atoms with Gasteiger partial charge in [-0.15, -0.1) is 12.4 Å². The van der Waals surface area contributed by atoms with Gasteiger partial charge in [-0.1, -0.05) is 30.2 Å². The second-order valence-corrected chi connectivity index (χ2v) is 6.23. The van der Waals surface area contributed by atoms with Crippen LogP contribution >= 0.6 is 24.0 Å². The molecule has 0 bridgehead atoms. The number of nitrogens with two attached hydrogens (primary N) is 1. The van der Waals surface area contributed by atoms with Crippen molar-refractivity contribution in [3.63, 3.8) is 0 Å². The molecule has 0 aliphatic carbocycles. The molecule has 1 aromatic rings. The van der Waals surface area contributed by atoms with Gasteiger partial charge in [0.25, 0.3) is 0 Å². The third-order valence-electron chi connectivity index (χ3n) is 4.02. The van der Waals surface area contributed by atoms with Crippen LogP contribution < -0.4 is 11.1 Å². The van der Waals surface area contributed by atoms with Gasteiger partial charge in [0.05, 0.1) is 6.54 Å². The molecule has 1 amide bonds. The van der Waals surface area contributed by atoms with E-state index in [-0.39, 0.29) is 24.4 Å². The van der Waals surface area contributed by atoms with Crippen molar-refractivity contribution < 1.29 is 4.79 Å². The first kappa shape index (κ1) is 19.2. The van der Waals surface area contributed by atoms with E-state index in [1.807, 2.05) is 31.2 Å². The van der Waals surface area contributed by atoms with Crippen LogP contribution in [0.1, 0.15) is 31.7 Å². The van der Waals surface area contributed by atoms with E-state index in [1.54, 1.807) is 0 Å². The molecule has 1 aromatic carbocycles. The predicted molar refractivity (Wildman–Crippen MR) is 93.4 cm³/mol. The highest BCUT2D eigenvalue weighted by atomic mass is 35.5. The normalized spacial score (nSPS) is 20.0. The van der Waals surface area contributed by atoms with Gasteiger partial charge in [0.2, 0.25) is 5.91 Å². The average Bonchev–Trinajstić information content (AvgIpc) is 2.47. The third kappa shape index (κ3) is 5.76. The van der Waals surface area contributed by atoms with Crippen molar-refractivity contribution in [3.05, 3.63) is 34.9 Å². The van der Waals surface area contributed by atoms with Gasteiger partial charge in [0.15, 0.2) is 0 Å². The van der Waals surface area contributed by atoms with Crippen molar-refractivity contribution in [2.45, 2.75) is 44.8 Å². The van der Waals surface area contributed by atoms with E-state index >= 15 is 0 Å². The molecule has 22 heavy (non-hydrogen) atoms. The molecule has 1 saturated heterocycles. The van der Waals surface area contributed by atoms with Crippen molar-refractivity contribution in [3.8, 4) is 0 Å². The molecule has 0 aromatic heterocycles. The molecule has 2 rings (SSSR count). The zero-order valence-electron chi connectivity index (χ0n) is 12.9. The van der Waals surface area contributed by atoms with Gasteiger partial charge in [-0.25, -0.2) is 0 Å². The molecule has 2 atom stereocenters. The van der Waals surface area contributed by atoms with E-state index in [0.29, 0.717) is 24.2 Å². The number of carbonyl (C=O) groups excluding carboxylic acids is 1. The van der Waals surface area contributed by atoms with Crippen LogP contribution in [0.4, 0.5) is 0 Å². The summed E-state index contributed by atoms with van der Waals surface area (Å²) >= 11 is 5.84. The first-order chi connectivity index (χ1) is 10.1. The standard InChI is InChI=1S/C16H24ClN3O.ClH/c1-12(18)15-4-2-3-9-20(15)11-16(21)19-10-13-5-7-14(17)8-6-13;/h5-8,12,15H,2-4,9-11,18H2,1H3,(H,19,21);1H. The fourth-order valence-corrected chi connectivity index (χ4v) is 2.98. The van der Waals surface area contributed by atoms with Gasteiger partial charge >= 0.3 is 0 Å². The minimum absolute atomic E-state index is 0. The number of piperidine rings is 1. The second kappa shape index (κ2) is 9.36. The van der Waals surface area contributed by atoms with Crippen molar-refractivity contribution in [2.75, 3.05) is 13.1 Å². The SMILES string of the molecule is CC(N)C1CCCCN1CC(=O)NCc1ccc(Cl)cc1.Cl. The molecule has 2 unspecified atom stereocenters. The van der Waals surface area contributed by atoms with Crippen molar-refractivity contribution in [1.82, 2.24) is 10.2 Å². The highest BCUT2D eigenvalue weighted by Crippen LogP contribution is 2.18. The molecule has 1 heterocycles. The van der Waals surface area contributed by atoms with Crippen molar-refractivity contribution in [1.29, 1.82) is 0 Å². The van der Waals surface area contributed by atoms with Gasteiger partial charge in [0, 0.05) is 23.7 Å². The summed E-state index contributed by atoms with van der Waals surface area (Å²) in [5.41, 5.74) is 7.08. The molecule has 1 aliphatic heterocycles. The highest BCUT2D eigenvalue weighted by molar-refractivity contribution is 6.30. The lowest BCUT2D eigenvalue weighted by Crippen LogP contribution is -2.52. The first-order valence-electron chi connectivity index (χ1n) is 7.57. The summed E-state index contributed by atoms with van der Waals surface area (Å²) in [4.78, 5) is 14.3. The molecule has 6 heteroatoms. The Hall–Kier alpha value is -0.810. The van der Waals surface area contributed by atoms with E-state index in [0.717, 1.165) is 24.9 Å². The van der Waals surface area contributed by atoms with E-state index < -0.39 is 0 Å². The van der Waals surface area contributed by atoms with Crippen LogP contribution in [-0.4, -0.2) is 36.0 Å². The number of nitrogens with one attached hydrogen (secondary N) is 1. The van der Waals surface area contributed by atoms with Gasteiger partial charge in [-0.3, -0.25) is 9.69 Å². The quantitative estimate of drug-likeness (QED) is 0.862. The maximum absolute atomic E-state index is 12.1. The zero-order chi connectivity index (χ0) is 15.2. The Labute approximate surface area is 143 Å². The fraction of sp³-hybridized carbons (Fsp3) is 0.562. The number of hydrogen-bond acceptors (Lipinski definition) is 3. The van der Waals surface area contributed by atoms with E-state index in [2.05, 4.69) is 10.2 Å². The first-order valence-corrected chi connectivity index (χ1v) is 7.95. The number of amides is 1. The van der Waals surface area contributed by atoms with Crippen LogP contribution in [0.15, 0.2) is 24.3 Å². The third-order valence-corrected chi connectivity index (χ3v) is 4.27. The Morgan fingerprint density at radius 3 is 2.73 bits per heavy atom. The zero-order valence-corrected chi connectivity index (χ0v) is 14.5. The van der Waals surface area contributed by atoms with E-state index in [9.17, 15) is 4.79 Å². The van der Waals surface area contributed by atoms with Gasteiger partial charge in [-0.05, 0) is 44.0 Å². The lowest BCUT2D eigenvalue weighted by atomic mass is 9.97. The molecule has 4 nitrogen and oxygen atoms in total. The molecular formula is C16H25Cl2N3O. The highest BCUT2D eigenvalue weighted by Gasteiger charge is 2.26. The topological polar surface area (TPSA) is 58.4 Å². The molecule has 124 valence electrons. The summed E-state index contributed by atoms with van der Waals surface area (Å²) in [6.45, 7) is 3.95. The number of nitrogens with zero attached hydrogens (tertiary/aromatic N) is 1. The summed E-state index contributed by atoms with van der Waals surface area (Å²) in [7, 11) is 0. The fourth-order valence-electron chi connectivity index (χ4n) is 2.85. The molecule has 0 radical (unpaired) electrons. The van der Waals surface area contributed by atoms with Crippen LogP contribution in [0.2, 0.25) is 5.02 Å². The molecule has 0 saturated carbocycles. The van der Waals surface area contributed by atoms with Crippen LogP contribution in [0.25, 0.3) is 0 Å². The molecular weight excluding hydrogens is 321 g/mol. The number of benzene rings is 1. The number of carbonyl (C=O) groups is 1. The Bertz CT molecular complexity index is 465. The maximum Gasteiger partial charge on any atom is 0.234 e. The Kier molecular flexibility index (Phi) is 8.18. The van der Waals surface area contributed by atoms with Crippen LogP contribution in [-0.2, 0) is 11.3 Å². The minimum Gasteiger partial charge on any atom is -0.351 e. The lowest BCUT2D eigenvalue weighted by Gasteiger charge is -2.37. The summed E-state index contributed by atoms with van der Waals surface area (Å²) < 4.78 is 0. The number of rotatable bonds is 5. The van der Waals surface area contributed by atoms with E-state index in [1.165, 1.54) is 6.42 Å². The lowest BCUT2D eigenvalue weighted by molar-refractivity contribution is -0.123. The maximum atomic E-state index is 12.1. The Morgan fingerprint density at radius 1 is 1.41 bits per heavy atom. The van der Waals surface area contributed by atoms with Crippen molar-refractivity contribution in [2.24, 2.45) is 5.73 Å². The van der Waals surface area contributed by atoms with Gasteiger partial charge in [-0.2, -0.15) is 0 Å². The molecule has 1 fully saturated rings. The number of hydrogen-bond donors (Lipinski definition) is 2. The smallest absolute Gasteiger partial charge is 0.234 e. The van der Waals surface area contributed by atoms with E-state index in [4.69, 9.17) is 17.3 Å². The van der Waals surface area contributed by atoms with Crippen LogP contribution in [0.3, 0.4) is 0 Å².